The molecule has 1 atom stereocenters. The summed E-state index contributed by atoms with van der Waals surface area (Å²) in [5, 5.41) is 4.23. The molecule has 0 spiro atoms. The Bertz CT molecular complexity index is 1060. The molecule has 6 heteroatoms. The van der Waals surface area contributed by atoms with Gasteiger partial charge in [0.05, 0.1) is 12.6 Å². The molecular weight excluding hydrogens is 392 g/mol. The minimum Gasteiger partial charge on any atom is -0.467 e. The average molecular weight is 423 g/mol. The monoisotopic (exact) mass is 422 g/mol. The number of aryl methyl sites for hydroxylation is 2. The Morgan fingerprint density at radius 2 is 1.74 bits per heavy atom. The van der Waals surface area contributed by atoms with Gasteiger partial charge in [0.1, 0.15) is 11.6 Å². The lowest BCUT2D eigenvalue weighted by molar-refractivity contribution is -0.141. The third-order valence-corrected chi connectivity index (χ3v) is 4.97. The van der Waals surface area contributed by atoms with E-state index in [-0.39, 0.29) is 5.97 Å². The van der Waals surface area contributed by atoms with Crippen molar-refractivity contribution in [2.75, 3.05) is 12.4 Å². The maximum absolute atomic E-state index is 12.7. The number of carbonyl (C=O) groups is 2. The molecule has 0 fully saturated rings. The molecule has 0 unspecified atom stereocenters. The Kier molecular flexibility index (Phi) is 6.68. The van der Waals surface area contributed by atoms with Gasteiger partial charge in [0.2, 0.25) is 0 Å². The molecule has 31 heavy (non-hydrogen) atoms. The van der Waals surface area contributed by atoms with Crippen LogP contribution in [-0.2, 0) is 20.7 Å². The number of fused-ring (bicyclic) bond motifs is 1. The lowest BCUT2D eigenvalue weighted by Crippen LogP contribution is -2.31. The summed E-state index contributed by atoms with van der Waals surface area (Å²) >= 11 is 0. The molecule has 0 aliphatic rings. The van der Waals surface area contributed by atoms with Gasteiger partial charge in [0, 0.05) is 17.3 Å². The van der Waals surface area contributed by atoms with E-state index in [2.05, 4.69) is 5.32 Å². The Labute approximate surface area is 183 Å². The van der Waals surface area contributed by atoms with Crippen LogP contribution >= 0.6 is 0 Å². The predicted octanol–water partition coefficient (Wildman–Crippen LogP) is 5.32. The number of hydrogen-bond donors (Lipinski definition) is 1. The van der Waals surface area contributed by atoms with Crippen molar-refractivity contribution in [3.63, 3.8) is 0 Å². The second kappa shape index (κ2) is 9.25. The molecule has 1 N–H and O–H groups in total. The van der Waals surface area contributed by atoms with Crippen LogP contribution in [0.15, 0.2) is 54.7 Å². The highest BCUT2D eigenvalue weighted by atomic mass is 16.6. The van der Waals surface area contributed by atoms with E-state index in [9.17, 15) is 9.59 Å². The molecule has 6 nitrogen and oxygen atoms in total. The summed E-state index contributed by atoms with van der Waals surface area (Å²) in [7, 11) is 1.39. The van der Waals surface area contributed by atoms with Crippen LogP contribution in [0.4, 0.5) is 10.5 Å². The molecule has 0 radical (unpaired) electrons. The lowest BCUT2D eigenvalue weighted by Gasteiger charge is -2.19. The molecule has 0 aliphatic carbocycles. The molecule has 3 rings (SSSR count). The molecule has 0 saturated heterocycles. The molecule has 3 aromatic rings. The van der Waals surface area contributed by atoms with Crippen LogP contribution in [0.3, 0.4) is 0 Å². The molecule has 2 aromatic carbocycles. The van der Waals surface area contributed by atoms with Crippen molar-refractivity contribution in [2.24, 2.45) is 0 Å². The predicted molar refractivity (Wildman–Crippen MR) is 122 cm³/mol. The van der Waals surface area contributed by atoms with Crippen LogP contribution in [0.2, 0.25) is 0 Å². The standard InChI is InChI=1S/C25H30N2O4/c1-17-10-13-19(14-11-17)26-21(23(28)30-5)15-12-18-16-27(24(29)31-25(2,3)4)22-9-7-6-8-20(18)22/h6-11,13-14,16,21,26H,12,15H2,1-5H3/t21-/m0/s1. The van der Waals surface area contributed by atoms with Crippen molar-refractivity contribution in [3.8, 4) is 0 Å². The van der Waals surface area contributed by atoms with E-state index >= 15 is 0 Å². The molecule has 0 aliphatic heterocycles. The number of esters is 1. The van der Waals surface area contributed by atoms with E-state index in [0.717, 1.165) is 27.7 Å². The molecular formula is C25H30N2O4. The topological polar surface area (TPSA) is 69.6 Å². The van der Waals surface area contributed by atoms with Crippen LogP contribution < -0.4 is 5.32 Å². The van der Waals surface area contributed by atoms with Crippen molar-refractivity contribution >= 4 is 28.7 Å². The van der Waals surface area contributed by atoms with E-state index in [1.807, 2.05) is 76.2 Å². The SMILES string of the molecule is COC(=O)[C@H](CCc1cn(C(=O)OC(C)(C)C)c2ccccc12)Nc1ccc(C)cc1. The van der Waals surface area contributed by atoms with Gasteiger partial charge in [-0.15, -0.1) is 0 Å². The van der Waals surface area contributed by atoms with E-state index in [4.69, 9.17) is 9.47 Å². The van der Waals surface area contributed by atoms with Gasteiger partial charge in [-0.25, -0.2) is 9.59 Å². The minimum absolute atomic E-state index is 0.323. The summed E-state index contributed by atoms with van der Waals surface area (Å²) in [6.07, 6.45) is 2.49. The number of nitrogens with one attached hydrogen (secondary N) is 1. The van der Waals surface area contributed by atoms with Crippen LogP contribution in [-0.4, -0.2) is 35.4 Å². The van der Waals surface area contributed by atoms with Crippen molar-refractivity contribution in [1.82, 2.24) is 4.57 Å². The summed E-state index contributed by atoms with van der Waals surface area (Å²) in [6, 6.07) is 15.1. The summed E-state index contributed by atoms with van der Waals surface area (Å²) in [4.78, 5) is 25.1. The Morgan fingerprint density at radius 3 is 2.39 bits per heavy atom. The van der Waals surface area contributed by atoms with Gasteiger partial charge in [-0.05, 0) is 64.3 Å². The second-order valence-corrected chi connectivity index (χ2v) is 8.65. The number of aromatic nitrogens is 1. The summed E-state index contributed by atoms with van der Waals surface area (Å²) in [5.74, 6) is -0.323. The number of anilines is 1. The van der Waals surface area contributed by atoms with Gasteiger partial charge in [-0.3, -0.25) is 4.57 Å². The van der Waals surface area contributed by atoms with Crippen LogP contribution in [0.25, 0.3) is 10.9 Å². The van der Waals surface area contributed by atoms with Crippen LogP contribution in [0, 0.1) is 6.92 Å². The lowest BCUT2D eigenvalue weighted by atomic mass is 10.0. The van der Waals surface area contributed by atoms with Gasteiger partial charge < -0.3 is 14.8 Å². The second-order valence-electron chi connectivity index (χ2n) is 8.65. The highest BCUT2D eigenvalue weighted by Gasteiger charge is 2.23. The van der Waals surface area contributed by atoms with Gasteiger partial charge in [0.15, 0.2) is 0 Å². The third-order valence-electron chi connectivity index (χ3n) is 4.97. The highest BCUT2D eigenvalue weighted by molar-refractivity contribution is 5.92. The fourth-order valence-corrected chi connectivity index (χ4v) is 3.45. The van der Waals surface area contributed by atoms with Gasteiger partial charge in [-0.2, -0.15) is 0 Å². The number of ether oxygens (including phenoxy) is 2. The van der Waals surface area contributed by atoms with E-state index in [1.165, 1.54) is 11.7 Å². The first-order valence-corrected chi connectivity index (χ1v) is 10.4. The number of para-hydroxylation sites is 1. The molecule has 1 heterocycles. The summed E-state index contributed by atoms with van der Waals surface area (Å²) in [5.41, 5.74) is 3.18. The zero-order chi connectivity index (χ0) is 22.6. The van der Waals surface area contributed by atoms with Crippen molar-refractivity contribution in [2.45, 2.75) is 52.2 Å². The van der Waals surface area contributed by atoms with Crippen LogP contribution in [0.1, 0.15) is 38.3 Å². The highest BCUT2D eigenvalue weighted by Crippen LogP contribution is 2.25. The smallest absolute Gasteiger partial charge is 0.419 e. The number of hydrogen-bond acceptors (Lipinski definition) is 5. The summed E-state index contributed by atoms with van der Waals surface area (Å²) in [6.45, 7) is 7.54. The van der Waals surface area contributed by atoms with E-state index < -0.39 is 17.7 Å². The molecule has 1 aromatic heterocycles. The van der Waals surface area contributed by atoms with Crippen molar-refractivity contribution in [1.29, 1.82) is 0 Å². The normalized spacial score (nSPS) is 12.4. The van der Waals surface area contributed by atoms with Gasteiger partial charge in [0.25, 0.3) is 0 Å². The van der Waals surface area contributed by atoms with Gasteiger partial charge >= 0.3 is 12.1 Å². The molecule has 0 amide bonds. The number of nitrogens with zero attached hydrogens (tertiary/aromatic N) is 1. The number of carbonyl (C=O) groups excluding carboxylic acids is 2. The maximum Gasteiger partial charge on any atom is 0.419 e. The molecule has 0 bridgehead atoms. The van der Waals surface area contributed by atoms with Crippen molar-refractivity contribution < 1.29 is 19.1 Å². The maximum atomic E-state index is 12.7. The van der Waals surface area contributed by atoms with E-state index in [0.29, 0.717) is 12.8 Å². The zero-order valence-electron chi connectivity index (χ0n) is 18.8. The third kappa shape index (κ3) is 5.66. The Balaban J connectivity index is 1.83. The summed E-state index contributed by atoms with van der Waals surface area (Å²) < 4.78 is 12.1. The zero-order valence-corrected chi connectivity index (χ0v) is 18.8. The Morgan fingerprint density at radius 1 is 1.06 bits per heavy atom. The fraction of sp³-hybridized carbons (Fsp3) is 0.360. The fourth-order valence-electron chi connectivity index (χ4n) is 3.45. The first-order valence-electron chi connectivity index (χ1n) is 10.4. The number of benzene rings is 2. The van der Waals surface area contributed by atoms with Gasteiger partial charge in [-0.1, -0.05) is 35.9 Å². The molecule has 0 saturated carbocycles. The molecule has 164 valence electrons. The number of methoxy groups -OCH3 is 1. The largest absolute Gasteiger partial charge is 0.467 e. The quantitative estimate of drug-likeness (QED) is 0.545. The Hall–Kier alpha value is -3.28. The number of rotatable bonds is 6. The average Bonchev–Trinajstić information content (AvgIpc) is 3.10. The first-order chi connectivity index (χ1) is 14.7. The van der Waals surface area contributed by atoms with Crippen LogP contribution in [0.5, 0.6) is 0 Å². The van der Waals surface area contributed by atoms with E-state index in [1.54, 1.807) is 6.20 Å². The first kappa shape index (κ1) is 22.4. The van der Waals surface area contributed by atoms with Crippen molar-refractivity contribution in [3.05, 3.63) is 65.9 Å². The minimum atomic E-state index is -0.587.